The van der Waals surface area contributed by atoms with E-state index in [1.54, 1.807) is 6.92 Å². The van der Waals surface area contributed by atoms with Gasteiger partial charge in [-0.1, -0.05) is 0 Å². The Morgan fingerprint density at radius 3 is 2.37 bits per heavy atom. The van der Waals surface area contributed by atoms with E-state index in [9.17, 15) is 19.3 Å². The Morgan fingerprint density at radius 2 is 1.77 bits per heavy atom. The number of halogens is 1. The van der Waals surface area contributed by atoms with Crippen LogP contribution in [0.15, 0.2) is 52.9 Å². The Balaban J connectivity index is 1.66. The van der Waals surface area contributed by atoms with Gasteiger partial charge in [-0.3, -0.25) is 10.1 Å². The lowest BCUT2D eigenvalue weighted by atomic mass is 10.1. The first kappa shape index (κ1) is 20.9. The van der Waals surface area contributed by atoms with Crippen LogP contribution >= 0.6 is 0 Å². The van der Waals surface area contributed by atoms with Crippen LogP contribution in [0.4, 0.5) is 10.1 Å². The molecule has 0 saturated carbocycles. The highest BCUT2D eigenvalue weighted by molar-refractivity contribution is 5.79. The van der Waals surface area contributed by atoms with Crippen LogP contribution in [0.1, 0.15) is 32.8 Å². The third-order valence-electron chi connectivity index (χ3n) is 4.08. The van der Waals surface area contributed by atoms with Crippen LogP contribution in [0.2, 0.25) is 0 Å². The molecule has 1 aromatic heterocycles. The van der Waals surface area contributed by atoms with Crippen molar-refractivity contribution in [2.24, 2.45) is 0 Å². The van der Waals surface area contributed by atoms with Gasteiger partial charge < -0.3 is 13.9 Å². The molecule has 3 aromatic rings. The van der Waals surface area contributed by atoms with E-state index in [0.717, 1.165) is 0 Å². The molecule has 0 spiro atoms. The molecule has 0 aliphatic heterocycles. The third kappa shape index (κ3) is 4.77. The lowest BCUT2D eigenvalue weighted by Gasteiger charge is -2.25. The van der Waals surface area contributed by atoms with Gasteiger partial charge in [-0.15, -0.1) is 10.2 Å². The van der Waals surface area contributed by atoms with Crippen molar-refractivity contribution < 1.29 is 28.0 Å². The van der Waals surface area contributed by atoms with E-state index in [0.29, 0.717) is 11.3 Å². The maximum Gasteiger partial charge on any atom is 0.350 e. The zero-order valence-electron chi connectivity index (χ0n) is 16.4. The topological polar surface area (TPSA) is 118 Å². The standard InChI is InChI=1S/C20H18FN3O6/c1-12(28-19(25)20(2,3)30-16-10-6-14(21)7-11-16)17-22-23-18(29-17)13-4-8-15(9-5-13)24(26)27/h4-12H,1-3H3/t12-/m1/s1. The molecule has 1 heterocycles. The first-order valence-electron chi connectivity index (χ1n) is 8.89. The summed E-state index contributed by atoms with van der Waals surface area (Å²) >= 11 is 0. The lowest BCUT2D eigenvalue weighted by Crippen LogP contribution is -2.40. The summed E-state index contributed by atoms with van der Waals surface area (Å²) in [6.07, 6.45) is -0.868. The van der Waals surface area contributed by atoms with E-state index >= 15 is 0 Å². The molecular formula is C20H18FN3O6. The summed E-state index contributed by atoms with van der Waals surface area (Å²) in [7, 11) is 0. The number of hydrogen-bond acceptors (Lipinski definition) is 8. The van der Waals surface area contributed by atoms with Gasteiger partial charge in [-0.2, -0.15) is 0 Å². The summed E-state index contributed by atoms with van der Waals surface area (Å²) in [5.74, 6) is -0.617. The number of non-ortho nitro benzene ring substituents is 1. The van der Waals surface area contributed by atoms with Gasteiger partial charge in [-0.25, -0.2) is 9.18 Å². The smallest absolute Gasteiger partial charge is 0.350 e. The fourth-order valence-corrected chi connectivity index (χ4v) is 2.43. The summed E-state index contributed by atoms with van der Waals surface area (Å²) in [6.45, 7) is 4.59. The zero-order valence-corrected chi connectivity index (χ0v) is 16.4. The summed E-state index contributed by atoms with van der Waals surface area (Å²) in [6, 6.07) is 10.8. The van der Waals surface area contributed by atoms with E-state index in [4.69, 9.17) is 13.9 Å². The minimum Gasteiger partial charge on any atom is -0.476 e. The number of ether oxygens (including phenoxy) is 2. The number of rotatable bonds is 7. The second-order valence-corrected chi connectivity index (χ2v) is 6.86. The van der Waals surface area contributed by atoms with E-state index in [-0.39, 0.29) is 17.5 Å². The molecule has 156 valence electrons. The van der Waals surface area contributed by atoms with E-state index in [2.05, 4.69) is 10.2 Å². The Labute approximate surface area is 170 Å². The first-order valence-corrected chi connectivity index (χ1v) is 8.89. The Hall–Kier alpha value is -3.82. The average Bonchev–Trinajstić information content (AvgIpc) is 3.20. The number of hydrogen-bond donors (Lipinski definition) is 0. The SMILES string of the molecule is C[C@@H](OC(=O)C(C)(C)Oc1ccc(F)cc1)c1nnc(-c2ccc([N+](=O)[O-])cc2)o1. The second kappa shape index (κ2) is 8.27. The number of esters is 1. The number of aromatic nitrogens is 2. The molecule has 0 saturated heterocycles. The summed E-state index contributed by atoms with van der Waals surface area (Å²) < 4.78 is 29.5. The van der Waals surface area contributed by atoms with Gasteiger partial charge in [0, 0.05) is 17.7 Å². The Morgan fingerprint density at radius 1 is 1.13 bits per heavy atom. The number of carbonyl (C=O) groups is 1. The minimum absolute atomic E-state index is 0.0503. The summed E-state index contributed by atoms with van der Waals surface area (Å²) in [4.78, 5) is 22.7. The van der Waals surface area contributed by atoms with Crippen LogP contribution < -0.4 is 4.74 Å². The van der Waals surface area contributed by atoms with Crippen molar-refractivity contribution in [2.75, 3.05) is 0 Å². The predicted molar refractivity (Wildman–Crippen MR) is 102 cm³/mol. The lowest BCUT2D eigenvalue weighted by molar-refractivity contribution is -0.384. The highest BCUT2D eigenvalue weighted by Gasteiger charge is 2.34. The predicted octanol–water partition coefficient (Wildman–Crippen LogP) is 4.25. The number of nitro benzene ring substituents is 1. The maximum absolute atomic E-state index is 13.0. The zero-order chi connectivity index (χ0) is 21.9. The highest BCUT2D eigenvalue weighted by Crippen LogP contribution is 2.26. The molecule has 10 heteroatoms. The second-order valence-electron chi connectivity index (χ2n) is 6.86. The number of benzene rings is 2. The Kier molecular flexibility index (Phi) is 5.77. The van der Waals surface area contributed by atoms with Crippen molar-refractivity contribution in [2.45, 2.75) is 32.5 Å². The van der Waals surface area contributed by atoms with Crippen LogP contribution in [0.25, 0.3) is 11.5 Å². The van der Waals surface area contributed by atoms with Crippen molar-refractivity contribution in [3.8, 4) is 17.2 Å². The molecule has 0 fully saturated rings. The van der Waals surface area contributed by atoms with Crippen LogP contribution in [0.5, 0.6) is 5.75 Å². The molecule has 1 atom stereocenters. The van der Waals surface area contributed by atoms with Gasteiger partial charge in [0.2, 0.25) is 5.89 Å². The maximum atomic E-state index is 13.0. The van der Waals surface area contributed by atoms with Crippen LogP contribution in [0.3, 0.4) is 0 Å². The fraction of sp³-hybridized carbons (Fsp3) is 0.250. The number of carbonyl (C=O) groups excluding carboxylic acids is 1. The van der Waals surface area contributed by atoms with Crippen LogP contribution in [0, 0.1) is 15.9 Å². The van der Waals surface area contributed by atoms with Crippen LogP contribution in [-0.4, -0.2) is 26.7 Å². The Bertz CT molecular complexity index is 1050. The molecule has 0 aliphatic rings. The molecule has 0 amide bonds. The fourth-order valence-electron chi connectivity index (χ4n) is 2.43. The van der Waals surface area contributed by atoms with Gasteiger partial charge >= 0.3 is 5.97 Å². The van der Waals surface area contributed by atoms with E-state index in [1.807, 2.05) is 0 Å². The first-order chi connectivity index (χ1) is 14.2. The van der Waals surface area contributed by atoms with Crippen molar-refractivity contribution in [1.29, 1.82) is 0 Å². The normalized spacial score (nSPS) is 12.3. The molecule has 0 N–H and O–H groups in total. The molecule has 0 aliphatic carbocycles. The molecule has 30 heavy (non-hydrogen) atoms. The van der Waals surface area contributed by atoms with Gasteiger partial charge in [0.25, 0.3) is 11.6 Å². The van der Waals surface area contributed by atoms with Crippen molar-refractivity contribution in [3.05, 3.63) is 70.4 Å². The summed E-state index contributed by atoms with van der Waals surface area (Å²) in [5.41, 5.74) is -0.935. The monoisotopic (exact) mass is 415 g/mol. The van der Waals surface area contributed by atoms with E-state index < -0.39 is 28.4 Å². The quantitative estimate of drug-likeness (QED) is 0.319. The molecular weight excluding hydrogens is 397 g/mol. The molecule has 2 aromatic carbocycles. The highest BCUT2D eigenvalue weighted by atomic mass is 19.1. The molecule has 3 rings (SSSR count). The number of nitro groups is 1. The largest absolute Gasteiger partial charge is 0.476 e. The average molecular weight is 415 g/mol. The molecule has 0 radical (unpaired) electrons. The summed E-state index contributed by atoms with van der Waals surface area (Å²) in [5, 5.41) is 18.5. The van der Waals surface area contributed by atoms with Crippen LogP contribution in [-0.2, 0) is 9.53 Å². The molecule has 0 bridgehead atoms. The van der Waals surface area contributed by atoms with Gasteiger partial charge in [0.1, 0.15) is 11.6 Å². The third-order valence-corrected chi connectivity index (χ3v) is 4.08. The van der Waals surface area contributed by atoms with Gasteiger partial charge in [0.05, 0.1) is 4.92 Å². The van der Waals surface area contributed by atoms with E-state index in [1.165, 1.54) is 62.4 Å². The minimum atomic E-state index is -1.35. The molecule has 0 unspecified atom stereocenters. The van der Waals surface area contributed by atoms with Gasteiger partial charge in [-0.05, 0) is 57.2 Å². The van der Waals surface area contributed by atoms with Crippen molar-refractivity contribution in [3.63, 3.8) is 0 Å². The van der Waals surface area contributed by atoms with Gasteiger partial charge in [0.15, 0.2) is 11.7 Å². The number of nitrogens with zero attached hydrogens (tertiary/aromatic N) is 3. The molecule has 9 nitrogen and oxygen atoms in total. The van der Waals surface area contributed by atoms with Crippen molar-refractivity contribution >= 4 is 11.7 Å². The van der Waals surface area contributed by atoms with Crippen molar-refractivity contribution in [1.82, 2.24) is 10.2 Å².